The molecule has 0 saturated heterocycles. The van der Waals surface area contributed by atoms with Gasteiger partial charge in [0.25, 0.3) is 0 Å². The minimum atomic E-state index is -4.01. The quantitative estimate of drug-likeness (QED) is 0.0542. The molecule has 0 fully saturated rings. The fourth-order valence-electron chi connectivity index (χ4n) is 3.91. The van der Waals surface area contributed by atoms with E-state index in [2.05, 4.69) is 10.6 Å². The number of anilines is 1. The topological polar surface area (TPSA) is 183 Å². The van der Waals surface area contributed by atoms with Gasteiger partial charge in [0.1, 0.15) is 5.84 Å². The summed E-state index contributed by atoms with van der Waals surface area (Å²) in [6, 6.07) is 12.9. The van der Waals surface area contributed by atoms with Crippen molar-refractivity contribution >= 4 is 58.1 Å². The van der Waals surface area contributed by atoms with E-state index in [9.17, 15) is 17.8 Å². The number of sulfone groups is 1. The zero-order valence-electron chi connectivity index (χ0n) is 21.4. The molecule has 14 heteroatoms. The number of amides is 2. The van der Waals surface area contributed by atoms with Crippen LogP contribution in [0.2, 0.25) is 0 Å². The highest BCUT2D eigenvalue weighted by Gasteiger charge is 2.25. The molecular weight excluding hydrogens is 579 g/mol. The Morgan fingerprint density at radius 3 is 2.51 bits per heavy atom. The molecule has 3 rings (SSSR count). The number of aryl methyl sites for hydroxylation is 1. The number of nitrogens with two attached hydrogens (primary N) is 1. The number of carbonyl (C=O) groups is 1. The van der Waals surface area contributed by atoms with Gasteiger partial charge in [0, 0.05) is 18.3 Å². The van der Waals surface area contributed by atoms with Crippen LogP contribution in [-0.4, -0.2) is 49.0 Å². The van der Waals surface area contributed by atoms with Crippen LogP contribution in [0.15, 0.2) is 62.5 Å². The number of urea groups is 1. The van der Waals surface area contributed by atoms with Crippen LogP contribution in [0.3, 0.4) is 0 Å². The first kappa shape index (κ1) is 30.9. The number of unbranched alkanes of at least 4 members (excludes halogenated alkanes) is 2. The Kier molecular flexibility index (Phi) is 10.4. The van der Waals surface area contributed by atoms with Crippen LogP contribution in [-0.2, 0) is 14.4 Å². The van der Waals surface area contributed by atoms with Gasteiger partial charge in [-0.25, -0.2) is 13.2 Å². The van der Waals surface area contributed by atoms with Crippen molar-refractivity contribution in [2.24, 2.45) is 5.73 Å². The smallest absolute Gasteiger partial charge is 0.325 e. The largest absolute Gasteiger partial charge is 0.383 e. The van der Waals surface area contributed by atoms with Crippen LogP contribution < -0.4 is 16.4 Å². The first-order valence-corrected chi connectivity index (χ1v) is 17.2. The molecule has 1 heterocycles. The Hall–Kier alpha value is -2.67. The Morgan fingerprint density at radius 2 is 1.85 bits per heavy atom. The van der Waals surface area contributed by atoms with E-state index in [0.717, 1.165) is 16.9 Å². The number of thioether (sulfide) groups is 1. The number of nitrogens with one attached hydrogen (secondary N) is 3. The average molecular weight is 611 g/mol. The van der Waals surface area contributed by atoms with Crippen molar-refractivity contribution in [1.29, 1.82) is 5.41 Å². The van der Waals surface area contributed by atoms with Crippen LogP contribution in [0.5, 0.6) is 0 Å². The summed E-state index contributed by atoms with van der Waals surface area (Å²) >= 11 is 2.44. The molecule has 0 radical (unpaired) electrons. The van der Waals surface area contributed by atoms with Gasteiger partial charge in [-0.3, -0.25) is 9.97 Å². The number of benzene rings is 2. The summed E-state index contributed by atoms with van der Waals surface area (Å²) in [6.07, 6.45) is 3.10. The van der Waals surface area contributed by atoms with Crippen LogP contribution in [0.4, 0.5) is 10.5 Å². The molecule has 2 aromatic carbocycles. The molecule has 2 amide bonds. The zero-order chi connectivity index (χ0) is 28.8. The lowest BCUT2D eigenvalue weighted by Gasteiger charge is -2.16. The highest BCUT2D eigenvalue weighted by Crippen LogP contribution is 2.39. The molecule has 0 spiro atoms. The molecule has 0 atom stereocenters. The normalized spacial score (nSPS) is 11.8. The summed E-state index contributed by atoms with van der Waals surface area (Å²) in [6.45, 7) is 2.20. The minimum Gasteiger partial charge on any atom is -0.383 e. The van der Waals surface area contributed by atoms with E-state index < -0.39 is 23.5 Å². The standard InChI is InChI=1S/C25H31N4O6PS3/c1-16-8-6-11-19(29-25(30)28-12-4-3-5-13-36(31,32)33)22(16)17-9-7-10-18(14-17)39(34,35)21-15-20(23(26)27)38-24(21)37-2/h6-11,14-15H,3-5,12-13H2,1-2H3,(H3,26,27)(H2,28,29,30)(H2,31,32,33). The summed E-state index contributed by atoms with van der Waals surface area (Å²) < 4.78 is 38.6. The number of rotatable bonds is 12. The van der Waals surface area contributed by atoms with E-state index in [0.29, 0.717) is 51.7 Å². The predicted octanol–water partition coefficient (Wildman–Crippen LogP) is 5.03. The van der Waals surface area contributed by atoms with Crippen molar-refractivity contribution in [2.45, 2.75) is 40.2 Å². The fraction of sp³-hybridized carbons (Fsp3) is 0.280. The number of carbonyl (C=O) groups excluding carboxylic acids is 1. The van der Waals surface area contributed by atoms with Crippen molar-refractivity contribution in [3.05, 3.63) is 59.0 Å². The molecule has 7 N–H and O–H groups in total. The zero-order valence-corrected chi connectivity index (χ0v) is 24.8. The van der Waals surface area contributed by atoms with Crippen LogP contribution in [0.25, 0.3) is 11.1 Å². The molecule has 10 nitrogen and oxygen atoms in total. The second kappa shape index (κ2) is 13.1. The van der Waals surface area contributed by atoms with Crippen LogP contribution in [0.1, 0.15) is 29.7 Å². The molecule has 210 valence electrons. The monoisotopic (exact) mass is 610 g/mol. The Labute approximate surface area is 236 Å². The molecule has 0 aliphatic rings. The summed E-state index contributed by atoms with van der Waals surface area (Å²) in [5, 5.41) is 13.3. The molecule has 39 heavy (non-hydrogen) atoms. The minimum absolute atomic E-state index is 0.0807. The van der Waals surface area contributed by atoms with Crippen molar-refractivity contribution < 1.29 is 27.6 Å². The maximum Gasteiger partial charge on any atom is 0.325 e. The van der Waals surface area contributed by atoms with Gasteiger partial charge in [0.2, 0.25) is 9.84 Å². The van der Waals surface area contributed by atoms with Gasteiger partial charge in [-0.15, -0.1) is 23.1 Å². The molecule has 0 saturated carbocycles. The van der Waals surface area contributed by atoms with Crippen molar-refractivity contribution in [3.63, 3.8) is 0 Å². The van der Waals surface area contributed by atoms with Crippen LogP contribution in [0, 0.1) is 12.3 Å². The molecule has 0 unspecified atom stereocenters. The number of amidine groups is 1. The Morgan fingerprint density at radius 1 is 1.13 bits per heavy atom. The maximum absolute atomic E-state index is 13.6. The van der Waals surface area contributed by atoms with E-state index >= 15 is 0 Å². The molecule has 0 aliphatic carbocycles. The summed E-state index contributed by atoms with van der Waals surface area (Å²) in [5.41, 5.74) is 8.21. The highest BCUT2D eigenvalue weighted by molar-refractivity contribution is 8.01. The van der Waals surface area contributed by atoms with Gasteiger partial charge in [-0.2, -0.15) is 0 Å². The van der Waals surface area contributed by atoms with E-state index in [1.807, 2.05) is 13.0 Å². The summed E-state index contributed by atoms with van der Waals surface area (Å²) in [5.74, 6) is -0.194. The number of hydrogen-bond donors (Lipinski definition) is 6. The van der Waals surface area contributed by atoms with Crippen molar-refractivity contribution in [3.8, 4) is 11.1 Å². The third-order valence-corrected chi connectivity index (χ3v) is 11.0. The number of nitrogen functional groups attached to an aromatic ring is 1. The van der Waals surface area contributed by atoms with Crippen LogP contribution >= 0.6 is 30.7 Å². The number of hydrogen-bond acceptors (Lipinski definition) is 7. The van der Waals surface area contributed by atoms with Crippen molar-refractivity contribution in [1.82, 2.24) is 5.32 Å². The van der Waals surface area contributed by atoms with E-state index in [-0.39, 0.29) is 21.8 Å². The SMILES string of the molecule is CSc1sc(C(=N)N)cc1S(=O)(=O)c1cccc(-c2c(C)cccc2NC(=O)NCCCCCP(=O)(O)O)c1. The third-order valence-electron chi connectivity index (χ3n) is 5.77. The maximum atomic E-state index is 13.6. The van der Waals surface area contributed by atoms with Crippen molar-refractivity contribution in [2.75, 3.05) is 24.3 Å². The Balaban J connectivity index is 1.82. The van der Waals surface area contributed by atoms with Gasteiger partial charge < -0.3 is 26.2 Å². The number of thiophene rings is 1. The van der Waals surface area contributed by atoms with Gasteiger partial charge in [-0.05, 0) is 61.4 Å². The lowest BCUT2D eigenvalue weighted by Crippen LogP contribution is -2.29. The molecule has 1 aromatic heterocycles. The van der Waals surface area contributed by atoms with Gasteiger partial charge in [0.05, 0.1) is 24.6 Å². The first-order chi connectivity index (χ1) is 18.3. The van der Waals surface area contributed by atoms with E-state index in [1.165, 1.54) is 23.9 Å². The lowest BCUT2D eigenvalue weighted by molar-refractivity contribution is 0.252. The van der Waals surface area contributed by atoms with Gasteiger partial charge in [-0.1, -0.05) is 30.7 Å². The average Bonchev–Trinajstić information content (AvgIpc) is 3.32. The van der Waals surface area contributed by atoms with E-state index in [1.54, 1.807) is 36.6 Å². The second-order valence-corrected chi connectivity index (χ2v) is 14.6. The lowest BCUT2D eigenvalue weighted by atomic mass is 9.98. The first-order valence-electron chi connectivity index (χ1n) is 11.9. The van der Waals surface area contributed by atoms with Gasteiger partial charge in [0.15, 0.2) is 0 Å². The second-order valence-electron chi connectivity index (χ2n) is 8.74. The summed E-state index contributed by atoms with van der Waals surface area (Å²) in [4.78, 5) is 31.0. The third kappa shape index (κ3) is 8.17. The predicted molar refractivity (Wildman–Crippen MR) is 157 cm³/mol. The van der Waals surface area contributed by atoms with Gasteiger partial charge >= 0.3 is 13.6 Å². The fourth-order valence-corrected chi connectivity index (χ4v) is 8.45. The van der Waals surface area contributed by atoms with E-state index in [4.69, 9.17) is 20.9 Å². The summed E-state index contributed by atoms with van der Waals surface area (Å²) in [7, 11) is -7.92. The molecular formula is C25H31N4O6PS3. The Bertz CT molecular complexity index is 1520. The molecule has 3 aromatic rings. The molecule has 0 bridgehead atoms. The molecule has 0 aliphatic heterocycles. The highest BCUT2D eigenvalue weighted by atomic mass is 32.2.